The number of carbonyl (C=O) groups is 1. The van der Waals surface area contributed by atoms with E-state index in [0.29, 0.717) is 41.3 Å². The van der Waals surface area contributed by atoms with Gasteiger partial charge in [-0.25, -0.2) is 9.97 Å². The first-order valence-corrected chi connectivity index (χ1v) is 9.98. The van der Waals surface area contributed by atoms with Crippen LogP contribution in [-0.4, -0.2) is 39.9 Å². The van der Waals surface area contributed by atoms with Crippen molar-refractivity contribution < 1.29 is 9.53 Å². The molecule has 0 aliphatic rings. The van der Waals surface area contributed by atoms with Crippen LogP contribution in [0.4, 0.5) is 5.69 Å². The van der Waals surface area contributed by atoms with Crippen molar-refractivity contribution in [1.82, 2.24) is 14.5 Å². The number of anilines is 1. The van der Waals surface area contributed by atoms with E-state index in [1.807, 2.05) is 12.1 Å². The van der Waals surface area contributed by atoms with Crippen molar-refractivity contribution in [2.24, 2.45) is 0 Å². The number of ether oxygens (including phenoxy) is 1. The molecule has 0 radical (unpaired) electrons. The standard InChI is InChI=1S/C19H19ClN4O3S/c1-27-11-5-10-24-18(26)13-6-2-3-7-14(13)23-19(24)28-12-16(25)22-15-8-4-9-21-17(15)20/h2-4,6-9H,5,10-12H2,1H3,(H,22,25). The maximum Gasteiger partial charge on any atom is 0.262 e. The molecule has 0 saturated heterocycles. The molecule has 0 aliphatic carbocycles. The van der Waals surface area contributed by atoms with Gasteiger partial charge in [-0.3, -0.25) is 14.2 Å². The van der Waals surface area contributed by atoms with E-state index in [1.165, 1.54) is 11.8 Å². The maximum absolute atomic E-state index is 12.9. The molecule has 146 valence electrons. The Bertz CT molecular complexity index is 1040. The van der Waals surface area contributed by atoms with Gasteiger partial charge >= 0.3 is 0 Å². The number of aromatic nitrogens is 3. The second-order valence-corrected chi connectivity index (χ2v) is 7.19. The first-order valence-electron chi connectivity index (χ1n) is 8.62. The number of hydrogen-bond donors (Lipinski definition) is 1. The van der Waals surface area contributed by atoms with Gasteiger partial charge in [-0.2, -0.15) is 0 Å². The molecule has 1 N–H and O–H groups in total. The van der Waals surface area contributed by atoms with Gasteiger partial charge < -0.3 is 10.1 Å². The fourth-order valence-corrected chi connectivity index (χ4v) is 3.61. The van der Waals surface area contributed by atoms with E-state index in [1.54, 1.807) is 42.1 Å². The van der Waals surface area contributed by atoms with Crippen molar-refractivity contribution in [1.29, 1.82) is 0 Å². The zero-order chi connectivity index (χ0) is 19.9. The van der Waals surface area contributed by atoms with Crippen LogP contribution < -0.4 is 10.9 Å². The fraction of sp³-hybridized carbons (Fsp3) is 0.263. The number of fused-ring (bicyclic) bond motifs is 1. The van der Waals surface area contributed by atoms with Gasteiger partial charge in [-0.1, -0.05) is 35.5 Å². The number of rotatable bonds is 8. The number of pyridine rings is 1. The number of nitrogens with one attached hydrogen (secondary N) is 1. The monoisotopic (exact) mass is 418 g/mol. The second kappa shape index (κ2) is 9.68. The summed E-state index contributed by atoms with van der Waals surface area (Å²) < 4.78 is 6.68. The quantitative estimate of drug-likeness (QED) is 0.261. The lowest BCUT2D eigenvalue weighted by Gasteiger charge is -2.13. The van der Waals surface area contributed by atoms with Crippen molar-refractivity contribution in [3.05, 3.63) is 58.1 Å². The highest BCUT2D eigenvalue weighted by atomic mass is 35.5. The van der Waals surface area contributed by atoms with Gasteiger partial charge in [0.1, 0.15) is 0 Å². The summed E-state index contributed by atoms with van der Waals surface area (Å²) in [5.41, 5.74) is 0.923. The lowest BCUT2D eigenvalue weighted by molar-refractivity contribution is -0.113. The van der Waals surface area contributed by atoms with Gasteiger partial charge in [0.25, 0.3) is 5.56 Å². The molecule has 1 amide bonds. The minimum Gasteiger partial charge on any atom is -0.385 e. The Morgan fingerprint density at radius 3 is 2.89 bits per heavy atom. The molecule has 9 heteroatoms. The van der Waals surface area contributed by atoms with Crippen LogP contribution >= 0.6 is 23.4 Å². The molecule has 2 aromatic heterocycles. The molecule has 7 nitrogen and oxygen atoms in total. The lowest BCUT2D eigenvalue weighted by Crippen LogP contribution is -2.25. The Kier molecular flexibility index (Phi) is 7.02. The van der Waals surface area contributed by atoms with Crippen molar-refractivity contribution in [3.63, 3.8) is 0 Å². The van der Waals surface area contributed by atoms with Gasteiger partial charge in [0.2, 0.25) is 5.91 Å². The van der Waals surface area contributed by atoms with Crippen LogP contribution in [0.15, 0.2) is 52.5 Å². The molecule has 0 spiro atoms. The van der Waals surface area contributed by atoms with Crippen molar-refractivity contribution in [2.45, 2.75) is 18.1 Å². The SMILES string of the molecule is COCCCn1c(SCC(=O)Nc2cccnc2Cl)nc2ccccc2c1=O. The number of para-hydroxylation sites is 1. The topological polar surface area (TPSA) is 86.1 Å². The third-order valence-electron chi connectivity index (χ3n) is 3.92. The van der Waals surface area contributed by atoms with E-state index < -0.39 is 0 Å². The van der Waals surface area contributed by atoms with Crippen LogP contribution in [0, 0.1) is 0 Å². The summed E-state index contributed by atoms with van der Waals surface area (Å²) in [5, 5.41) is 3.98. The Morgan fingerprint density at radius 1 is 1.29 bits per heavy atom. The molecule has 1 aromatic carbocycles. The van der Waals surface area contributed by atoms with E-state index in [2.05, 4.69) is 15.3 Å². The van der Waals surface area contributed by atoms with Crippen LogP contribution in [0.5, 0.6) is 0 Å². The molecule has 28 heavy (non-hydrogen) atoms. The summed E-state index contributed by atoms with van der Waals surface area (Å²) in [6.45, 7) is 0.992. The Morgan fingerprint density at radius 2 is 2.11 bits per heavy atom. The number of carbonyl (C=O) groups excluding carboxylic acids is 1. The third kappa shape index (κ3) is 4.89. The molecule has 0 unspecified atom stereocenters. The molecule has 0 atom stereocenters. The average molecular weight is 419 g/mol. The Labute approximate surface area is 171 Å². The number of amides is 1. The van der Waals surface area contributed by atoms with E-state index in [-0.39, 0.29) is 22.4 Å². The number of thioether (sulfide) groups is 1. The fourth-order valence-electron chi connectivity index (χ4n) is 2.62. The highest BCUT2D eigenvalue weighted by Crippen LogP contribution is 2.21. The summed E-state index contributed by atoms with van der Waals surface area (Å²) in [6.07, 6.45) is 2.21. The number of halogens is 1. The van der Waals surface area contributed by atoms with Crippen LogP contribution in [-0.2, 0) is 16.1 Å². The van der Waals surface area contributed by atoms with Gasteiger partial charge in [0.15, 0.2) is 10.3 Å². The number of methoxy groups -OCH3 is 1. The highest BCUT2D eigenvalue weighted by Gasteiger charge is 2.14. The minimum atomic E-state index is -0.259. The van der Waals surface area contributed by atoms with Crippen LogP contribution in [0.2, 0.25) is 5.15 Å². The van der Waals surface area contributed by atoms with Gasteiger partial charge in [0.05, 0.1) is 22.3 Å². The third-order valence-corrected chi connectivity index (χ3v) is 5.20. The summed E-state index contributed by atoms with van der Waals surface area (Å²) in [7, 11) is 1.62. The van der Waals surface area contributed by atoms with Gasteiger partial charge in [-0.15, -0.1) is 0 Å². The zero-order valence-corrected chi connectivity index (χ0v) is 16.8. The molecule has 3 rings (SSSR count). The number of benzene rings is 1. The first kappa shape index (κ1) is 20.3. The van der Waals surface area contributed by atoms with Crippen molar-refractivity contribution >= 4 is 45.9 Å². The van der Waals surface area contributed by atoms with E-state index in [4.69, 9.17) is 16.3 Å². The normalized spacial score (nSPS) is 10.9. The number of nitrogens with zero attached hydrogens (tertiary/aromatic N) is 3. The second-order valence-electron chi connectivity index (χ2n) is 5.89. The van der Waals surface area contributed by atoms with Crippen molar-refractivity contribution in [2.75, 3.05) is 24.8 Å². The number of hydrogen-bond acceptors (Lipinski definition) is 6. The summed E-state index contributed by atoms with van der Waals surface area (Å²) >= 11 is 7.17. The molecule has 0 fully saturated rings. The largest absolute Gasteiger partial charge is 0.385 e. The average Bonchev–Trinajstić information content (AvgIpc) is 2.70. The van der Waals surface area contributed by atoms with E-state index in [9.17, 15) is 9.59 Å². The van der Waals surface area contributed by atoms with Crippen LogP contribution in [0.1, 0.15) is 6.42 Å². The van der Waals surface area contributed by atoms with Crippen LogP contribution in [0.25, 0.3) is 10.9 Å². The summed E-state index contributed by atoms with van der Waals surface area (Å²) in [5.74, 6) is -0.175. The smallest absolute Gasteiger partial charge is 0.262 e. The van der Waals surface area contributed by atoms with Crippen LogP contribution in [0.3, 0.4) is 0 Å². The molecule has 0 aliphatic heterocycles. The predicted molar refractivity (Wildman–Crippen MR) is 111 cm³/mol. The van der Waals surface area contributed by atoms with E-state index >= 15 is 0 Å². The molecular formula is C19H19ClN4O3S. The highest BCUT2D eigenvalue weighted by molar-refractivity contribution is 7.99. The zero-order valence-electron chi connectivity index (χ0n) is 15.2. The molecule has 2 heterocycles. The summed E-state index contributed by atoms with van der Waals surface area (Å²) in [6, 6.07) is 10.5. The van der Waals surface area contributed by atoms with E-state index in [0.717, 1.165) is 0 Å². The molecule has 0 saturated carbocycles. The predicted octanol–water partition coefficient (Wildman–Crippen LogP) is 3.21. The lowest BCUT2D eigenvalue weighted by atomic mass is 10.2. The minimum absolute atomic E-state index is 0.0836. The van der Waals surface area contributed by atoms with Gasteiger partial charge in [0, 0.05) is 26.5 Å². The molecular weight excluding hydrogens is 400 g/mol. The summed E-state index contributed by atoms with van der Waals surface area (Å²) in [4.78, 5) is 33.7. The Hall–Kier alpha value is -2.42. The maximum atomic E-state index is 12.9. The Balaban J connectivity index is 1.80. The van der Waals surface area contributed by atoms with Gasteiger partial charge in [-0.05, 0) is 30.7 Å². The van der Waals surface area contributed by atoms with Crippen molar-refractivity contribution in [3.8, 4) is 0 Å². The molecule has 0 bridgehead atoms. The first-order chi connectivity index (χ1) is 13.6. The molecule has 3 aromatic rings.